The second-order valence-corrected chi connectivity index (χ2v) is 7.86. The van der Waals surface area contributed by atoms with Gasteiger partial charge in [0.2, 0.25) is 5.91 Å². The molecule has 2 N–H and O–H groups in total. The van der Waals surface area contributed by atoms with Gasteiger partial charge in [0.25, 0.3) is 5.91 Å². The summed E-state index contributed by atoms with van der Waals surface area (Å²) in [5, 5.41) is 6.07. The number of benzene rings is 2. The van der Waals surface area contributed by atoms with Crippen LogP contribution >= 0.6 is 23.4 Å². The number of hydrogen-bond acceptors (Lipinski definition) is 3. The molecule has 0 aliphatic heterocycles. The fraction of sp³-hybridized carbons (Fsp3) is 0.300. The lowest BCUT2D eigenvalue weighted by molar-refractivity contribution is -0.113. The zero-order chi connectivity index (χ0) is 18.5. The SMILES string of the molecule is Cc1ccc(CSCC(=O)Nc2ccc(C(=O)NC3CC3)c(Cl)c2)cc1. The van der Waals surface area contributed by atoms with Gasteiger partial charge in [-0.3, -0.25) is 9.59 Å². The van der Waals surface area contributed by atoms with Crippen LogP contribution in [0.1, 0.15) is 34.3 Å². The first-order chi connectivity index (χ1) is 12.5. The van der Waals surface area contributed by atoms with Gasteiger partial charge in [0.15, 0.2) is 0 Å². The van der Waals surface area contributed by atoms with Crippen molar-refractivity contribution in [1.29, 1.82) is 0 Å². The van der Waals surface area contributed by atoms with Crippen molar-refractivity contribution in [3.8, 4) is 0 Å². The molecule has 0 unspecified atom stereocenters. The summed E-state index contributed by atoms with van der Waals surface area (Å²) >= 11 is 7.75. The Labute approximate surface area is 162 Å². The zero-order valence-electron chi connectivity index (χ0n) is 14.5. The molecule has 0 aromatic heterocycles. The minimum Gasteiger partial charge on any atom is -0.349 e. The van der Waals surface area contributed by atoms with Gasteiger partial charge in [0.05, 0.1) is 16.3 Å². The van der Waals surface area contributed by atoms with Crippen LogP contribution in [0, 0.1) is 6.92 Å². The highest BCUT2D eigenvalue weighted by atomic mass is 35.5. The maximum Gasteiger partial charge on any atom is 0.253 e. The molecule has 4 nitrogen and oxygen atoms in total. The van der Waals surface area contributed by atoms with E-state index < -0.39 is 0 Å². The van der Waals surface area contributed by atoms with Crippen molar-refractivity contribution in [2.45, 2.75) is 31.6 Å². The molecule has 2 amide bonds. The Bertz CT molecular complexity index is 804. The molecule has 3 rings (SSSR count). The molecule has 0 heterocycles. The predicted octanol–water partition coefficient (Wildman–Crippen LogP) is 4.41. The van der Waals surface area contributed by atoms with Crippen molar-refractivity contribution in [3.05, 3.63) is 64.2 Å². The van der Waals surface area contributed by atoms with Crippen LogP contribution in [0.3, 0.4) is 0 Å². The van der Waals surface area contributed by atoms with Gasteiger partial charge in [0, 0.05) is 17.5 Å². The number of rotatable bonds is 7. The number of hydrogen-bond donors (Lipinski definition) is 2. The summed E-state index contributed by atoms with van der Waals surface area (Å²) in [6, 6.07) is 13.5. The first-order valence-corrected chi connectivity index (χ1v) is 10.1. The van der Waals surface area contributed by atoms with Gasteiger partial charge in [-0.25, -0.2) is 0 Å². The molecule has 1 aliphatic carbocycles. The van der Waals surface area contributed by atoms with Crippen molar-refractivity contribution in [3.63, 3.8) is 0 Å². The fourth-order valence-corrected chi connectivity index (χ4v) is 3.46. The minimum absolute atomic E-state index is 0.0895. The summed E-state index contributed by atoms with van der Waals surface area (Å²) < 4.78 is 0. The third-order valence-corrected chi connectivity index (χ3v) is 5.35. The molecule has 0 radical (unpaired) electrons. The molecule has 0 spiro atoms. The molecule has 1 fully saturated rings. The van der Waals surface area contributed by atoms with E-state index in [1.54, 1.807) is 30.0 Å². The monoisotopic (exact) mass is 388 g/mol. The third-order valence-electron chi connectivity index (χ3n) is 4.03. The van der Waals surface area contributed by atoms with Crippen molar-refractivity contribution < 1.29 is 9.59 Å². The number of thioether (sulfide) groups is 1. The highest BCUT2D eigenvalue weighted by molar-refractivity contribution is 7.99. The van der Waals surface area contributed by atoms with Gasteiger partial charge in [-0.05, 0) is 43.5 Å². The number of carbonyl (C=O) groups is 2. The fourth-order valence-electron chi connectivity index (χ4n) is 2.41. The van der Waals surface area contributed by atoms with E-state index >= 15 is 0 Å². The van der Waals surface area contributed by atoms with E-state index in [4.69, 9.17) is 11.6 Å². The second-order valence-electron chi connectivity index (χ2n) is 6.47. The van der Waals surface area contributed by atoms with Gasteiger partial charge in [-0.15, -0.1) is 11.8 Å². The number of aryl methyl sites for hydroxylation is 1. The highest BCUT2D eigenvalue weighted by Crippen LogP contribution is 2.24. The van der Waals surface area contributed by atoms with Crippen LogP contribution in [0.5, 0.6) is 0 Å². The Hall–Kier alpha value is -1.98. The molecule has 0 saturated heterocycles. The molecule has 2 aromatic carbocycles. The summed E-state index contributed by atoms with van der Waals surface area (Å²) in [6.45, 7) is 2.05. The summed E-state index contributed by atoms with van der Waals surface area (Å²) in [7, 11) is 0. The van der Waals surface area contributed by atoms with Crippen LogP contribution in [0.4, 0.5) is 5.69 Å². The summed E-state index contributed by atoms with van der Waals surface area (Å²) in [5.41, 5.74) is 3.45. The van der Waals surface area contributed by atoms with Crippen molar-refractivity contribution in [2.75, 3.05) is 11.1 Å². The lowest BCUT2D eigenvalue weighted by Gasteiger charge is -2.09. The Kier molecular flexibility index (Phi) is 6.22. The van der Waals surface area contributed by atoms with E-state index in [1.165, 1.54) is 11.1 Å². The zero-order valence-corrected chi connectivity index (χ0v) is 16.1. The van der Waals surface area contributed by atoms with Crippen LogP contribution in [0.2, 0.25) is 5.02 Å². The number of anilines is 1. The van der Waals surface area contributed by atoms with Crippen LogP contribution in [0.15, 0.2) is 42.5 Å². The van der Waals surface area contributed by atoms with E-state index in [2.05, 4.69) is 41.8 Å². The number of carbonyl (C=O) groups excluding carboxylic acids is 2. The van der Waals surface area contributed by atoms with E-state index in [9.17, 15) is 9.59 Å². The summed E-state index contributed by atoms with van der Waals surface area (Å²) in [5.74, 6) is 0.891. The van der Waals surface area contributed by atoms with Gasteiger partial charge in [-0.2, -0.15) is 0 Å². The largest absolute Gasteiger partial charge is 0.349 e. The smallest absolute Gasteiger partial charge is 0.253 e. The Morgan fingerprint density at radius 1 is 1.15 bits per heavy atom. The Balaban J connectivity index is 1.48. The lowest BCUT2D eigenvalue weighted by Crippen LogP contribution is -2.25. The van der Waals surface area contributed by atoms with E-state index in [0.717, 1.165) is 18.6 Å². The molecule has 26 heavy (non-hydrogen) atoms. The first kappa shape index (κ1) is 18.8. The maximum absolute atomic E-state index is 12.1. The molecular weight excluding hydrogens is 368 g/mol. The molecule has 0 atom stereocenters. The molecular formula is C20H21ClN2O2S. The van der Waals surface area contributed by atoms with Crippen LogP contribution in [0.25, 0.3) is 0 Å². The van der Waals surface area contributed by atoms with E-state index in [-0.39, 0.29) is 17.9 Å². The molecule has 136 valence electrons. The van der Waals surface area contributed by atoms with E-state index in [0.29, 0.717) is 22.0 Å². The van der Waals surface area contributed by atoms with Crippen LogP contribution in [-0.4, -0.2) is 23.6 Å². The number of halogens is 1. The molecule has 0 bridgehead atoms. The topological polar surface area (TPSA) is 58.2 Å². The minimum atomic E-state index is -0.163. The first-order valence-electron chi connectivity index (χ1n) is 8.55. The molecule has 1 aliphatic rings. The quantitative estimate of drug-likeness (QED) is 0.738. The van der Waals surface area contributed by atoms with Crippen LogP contribution in [-0.2, 0) is 10.5 Å². The molecule has 2 aromatic rings. The average Bonchev–Trinajstić information content (AvgIpc) is 3.40. The Morgan fingerprint density at radius 3 is 2.54 bits per heavy atom. The average molecular weight is 389 g/mol. The normalized spacial score (nSPS) is 13.3. The van der Waals surface area contributed by atoms with Gasteiger partial charge in [0.1, 0.15) is 0 Å². The van der Waals surface area contributed by atoms with Crippen LogP contribution < -0.4 is 10.6 Å². The maximum atomic E-state index is 12.1. The highest BCUT2D eigenvalue weighted by Gasteiger charge is 2.24. The van der Waals surface area contributed by atoms with Crippen molar-refractivity contribution in [2.24, 2.45) is 0 Å². The molecule has 6 heteroatoms. The second kappa shape index (κ2) is 8.60. The van der Waals surface area contributed by atoms with Gasteiger partial charge in [-0.1, -0.05) is 41.4 Å². The third kappa shape index (κ3) is 5.51. The molecule has 1 saturated carbocycles. The number of amides is 2. The summed E-state index contributed by atoms with van der Waals surface area (Å²) in [6.07, 6.45) is 2.05. The Morgan fingerprint density at radius 2 is 1.88 bits per heavy atom. The van der Waals surface area contributed by atoms with Crippen molar-refractivity contribution >= 4 is 40.9 Å². The lowest BCUT2D eigenvalue weighted by atomic mass is 10.2. The summed E-state index contributed by atoms with van der Waals surface area (Å²) in [4.78, 5) is 24.1. The predicted molar refractivity (Wildman–Crippen MR) is 108 cm³/mol. The van der Waals surface area contributed by atoms with E-state index in [1.807, 2.05) is 0 Å². The van der Waals surface area contributed by atoms with Crippen molar-refractivity contribution in [1.82, 2.24) is 5.32 Å². The number of nitrogens with one attached hydrogen (secondary N) is 2. The standard InChI is InChI=1S/C20H21ClN2O2S/c1-13-2-4-14(5-3-13)11-26-12-19(24)22-16-8-9-17(18(21)10-16)20(25)23-15-6-7-15/h2-5,8-10,15H,6-7,11-12H2,1H3,(H,22,24)(H,23,25). The van der Waals surface area contributed by atoms with Gasteiger partial charge >= 0.3 is 0 Å². The van der Waals surface area contributed by atoms with Gasteiger partial charge < -0.3 is 10.6 Å².